The molecule has 2 aromatic carbocycles. The number of ether oxygens (including phenoxy) is 3. The van der Waals surface area contributed by atoms with Crippen LogP contribution in [0.25, 0.3) is 0 Å². The Morgan fingerprint density at radius 1 is 0.857 bits per heavy atom. The molecule has 0 fully saturated rings. The average molecular weight is 386 g/mol. The van der Waals surface area contributed by atoms with Gasteiger partial charge in [-0.2, -0.15) is 0 Å². The molecular formula is C22H31N3O3. The zero-order valence-corrected chi connectivity index (χ0v) is 17.5. The Morgan fingerprint density at radius 2 is 1.54 bits per heavy atom. The summed E-state index contributed by atoms with van der Waals surface area (Å²) in [6, 6.07) is 12.1. The van der Waals surface area contributed by atoms with Crippen molar-refractivity contribution in [2.75, 3.05) is 34.4 Å². The maximum absolute atomic E-state index is 5.40. The van der Waals surface area contributed by atoms with Gasteiger partial charge in [0.15, 0.2) is 17.5 Å². The lowest BCUT2D eigenvalue weighted by Gasteiger charge is -2.13. The molecule has 0 saturated carbocycles. The van der Waals surface area contributed by atoms with Gasteiger partial charge in [-0.3, -0.25) is 0 Å². The van der Waals surface area contributed by atoms with E-state index in [1.807, 2.05) is 25.1 Å². The summed E-state index contributed by atoms with van der Waals surface area (Å²) in [7, 11) is 4.97. The predicted octanol–water partition coefficient (Wildman–Crippen LogP) is 3.32. The van der Waals surface area contributed by atoms with Crippen molar-refractivity contribution in [1.29, 1.82) is 0 Å². The minimum Gasteiger partial charge on any atom is -0.496 e. The molecule has 6 heteroatoms. The Balaban J connectivity index is 1.97. The number of nitrogens with zero attached hydrogens (tertiary/aromatic N) is 1. The van der Waals surface area contributed by atoms with Crippen LogP contribution in [-0.4, -0.2) is 40.4 Å². The third-order valence-electron chi connectivity index (χ3n) is 4.39. The molecule has 0 bridgehead atoms. The topological polar surface area (TPSA) is 64.1 Å². The molecule has 6 nitrogen and oxygen atoms in total. The van der Waals surface area contributed by atoms with Crippen molar-refractivity contribution < 1.29 is 14.2 Å². The SMILES string of the molecule is CCNC(=NCc1ccc(OC)c(OC)c1)NCCc1ccc(C)c(OC)c1. The smallest absolute Gasteiger partial charge is 0.191 e. The molecule has 0 aliphatic heterocycles. The van der Waals surface area contributed by atoms with Gasteiger partial charge in [0.05, 0.1) is 27.9 Å². The third-order valence-corrected chi connectivity index (χ3v) is 4.39. The molecule has 2 rings (SSSR count). The lowest BCUT2D eigenvalue weighted by atomic mass is 10.1. The van der Waals surface area contributed by atoms with E-state index >= 15 is 0 Å². The number of nitrogens with one attached hydrogen (secondary N) is 2. The van der Waals surface area contributed by atoms with Crippen LogP contribution in [0.15, 0.2) is 41.4 Å². The second kappa shape index (κ2) is 11.1. The Kier molecular flexibility index (Phi) is 8.46. The second-order valence-corrected chi connectivity index (χ2v) is 6.37. The van der Waals surface area contributed by atoms with Gasteiger partial charge in [0.25, 0.3) is 0 Å². The van der Waals surface area contributed by atoms with Crippen LogP contribution in [0.4, 0.5) is 0 Å². The summed E-state index contributed by atoms with van der Waals surface area (Å²) in [4.78, 5) is 4.67. The molecule has 0 unspecified atom stereocenters. The number of rotatable bonds is 9. The van der Waals surface area contributed by atoms with E-state index in [1.54, 1.807) is 21.3 Å². The summed E-state index contributed by atoms with van der Waals surface area (Å²) in [6.45, 7) is 6.23. The van der Waals surface area contributed by atoms with E-state index < -0.39 is 0 Å². The molecule has 0 heterocycles. The fourth-order valence-electron chi connectivity index (χ4n) is 2.84. The first-order chi connectivity index (χ1) is 13.6. The van der Waals surface area contributed by atoms with Gasteiger partial charge in [-0.25, -0.2) is 4.99 Å². The summed E-state index contributed by atoms with van der Waals surface area (Å²) in [5.74, 6) is 3.14. The molecule has 28 heavy (non-hydrogen) atoms. The molecule has 2 N–H and O–H groups in total. The maximum atomic E-state index is 5.40. The number of aryl methyl sites for hydroxylation is 1. The molecule has 0 radical (unpaired) electrons. The first-order valence-corrected chi connectivity index (χ1v) is 9.47. The average Bonchev–Trinajstić information content (AvgIpc) is 2.72. The quantitative estimate of drug-likeness (QED) is 0.512. The van der Waals surface area contributed by atoms with Gasteiger partial charge < -0.3 is 24.8 Å². The summed E-state index contributed by atoms with van der Waals surface area (Å²) in [5.41, 5.74) is 3.42. The molecule has 0 atom stereocenters. The van der Waals surface area contributed by atoms with E-state index in [-0.39, 0.29) is 0 Å². The summed E-state index contributed by atoms with van der Waals surface area (Å²) < 4.78 is 16.0. The number of benzene rings is 2. The van der Waals surface area contributed by atoms with Crippen LogP contribution in [0.2, 0.25) is 0 Å². The Labute approximate surface area is 167 Å². The lowest BCUT2D eigenvalue weighted by Crippen LogP contribution is -2.38. The van der Waals surface area contributed by atoms with Crippen LogP contribution in [0.5, 0.6) is 17.2 Å². The number of hydrogen-bond acceptors (Lipinski definition) is 4. The number of methoxy groups -OCH3 is 3. The third kappa shape index (κ3) is 6.08. The minimum absolute atomic E-state index is 0.550. The van der Waals surface area contributed by atoms with Crippen molar-refractivity contribution in [2.45, 2.75) is 26.8 Å². The van der Waals surface area contributed by atoms with E-state index in [0.717, 1.165) is 42.3 Å². The number of guanidine groups is 1. The molecule has 0 spiro atoms. The fraction of sp³-hybridized carbons (Fsp3) is 0.409. The van der Waals surface area contributed by atoms with Crippen LogP contribution in [0.1, 0.15) is 23.6 Å². The van der Waals surface area contributed by atoms with Crippen LogP contribution in [0.3, 0.4) is 0 Å². The summed E-state index contributed by atoms with van der Waals surface area (Å²) >= 11 is 0. The van der Waals surface area contributed by atoms with Gasteiger partial charge in [-0.15, -0.1) is 0 Å². The van der Waals surface area contributed by atoms with Crippen LogP contribution in [-0.2, 0) is 13.0 Å². The number of hydrogen-bond donors (Lipinski definition) is 2. The molecule has 0 aromatic heterocycles. The van der Waals surface area contributed by atoms with Crippen molar-refractivity contribution in [2.24, 2.45) is 4.99 Å². The monoisotopic (exact) mass is 385 g/mol. The van der Waals surface area contributed by atoms with Gasteiger partial charge in [-0.05, 0) is 55.2 Å². The van der Waals surface area contributed by atoms with E-state index in [9.17, 15) is 0 Å². The maximum Gasteiger partial charge on any atom is 0.191 e. The molecule has 0 aliphatic rings. The standard InChI is InChI=1S/C22H31N3O3/c1-6-23-22(24-12-11-17-8-7-16(2)20(13-17)27-4)25-15-18-9-10-19(26-3)21(14-18)28-5/h7-10,13-14H,6,11-12,15H2,1-5H3,(H2,23,24,25). The summed E-state index contributed by atoms with van der Waals surface area (Å²) in [6.07, 6.45) is 0.886. The Bertz CT molecular complexity index is 791. The minimum atomic E-state index is 0.550. The van der Waals surface area contributed by atoms with Crippen molar-refractivity contribution in [3.05, 3.63) is 53.1 Å². The van der Waals surface area contributed by atoms with Crippen LogP contribution in [0, 0.1) is 6.92 Å². The molecule has 0 saturated heterocycles. The second-order valence-electron chi connectivity index (χ2n) is 6.37. The highest BCUT2D eigenvalue weighted by atomic mass is 16.5. The van der Waals surface area contributed by atoms with Gasteiger partial charge in [0.1, 0.15) is 5.75 Å². The van der Waals surface area contributed by atoms with Gasteiger partial charge >= 0.3 is 0 Å². The van der Waals surface area contributed by atoms with Crippen molar-refractivity contribution in [1.82, 2.24) is 10.6 Å². The Morgan fingerprint density at radius 3 is 2.21 bits per heavy atom. The lowest BCUT2D eigenvalue weighted by molar-refractivity contribution is 0.354. The van der Waals surface area contributed by atoms with Gasteiger partial charge in [0, 0.05) is 13.1 Å². The zero-order valence-electron chi connectivity index (χ0n) is 17.5. The first-order valence-electron chi connectivity index (χ1n) is 9.47. The van der Waals surface area contributed by atoms with E-state index in [4.69, 9.17) is 14.2 Å². The molecule has 2 aromatic rings. The molecular weight excluding hydrogens is 354 g/mol. The zero-order chi connectivity index (χ0) is 20.4. The highest BCUT2D eigenvalue weighted by Gasteiger charge is 2.05. The van der Waals surface area contributed by atoms with E-state index in [1.165, 1.54) is 5.56 Å². The number of aliphatic imine (C=N–C) groups is 1. The fourth-order valence-corrected chi connectivity index (χ4v) is 2.84. The van der Waals surface area contributed by atoms with Gasteiger partial charge in [-0.1, -0.05) is 18.2 Å². The highest BCUT2D eigenvalue weighted by Crippen LogP contribution is 2.27. The largest absolute Gasteiger partial charge is 0.496 e. The van der Waals surface area contributed by atoms with Crippen LogP contribution >= 0.6 is 0 Å². The van der Waals surface area contributed by atoms with Crippen molar-refractivity contribution >= 4 is 5.96 Å². The van der Waals surface area contributed by atoms with E-state index in [2.05, 4.69) is 40.7 Å². The molecule has 152 valence electrons. The Hall–Kier alpha value is -2.89. The van der Waals surface area contributed by atoms with Crippen molar-refractivity contribution in [3.63, 3.8) is 0 Å². The summed E-state index contributed by atoms with van der Waals surface area (Å²) in [5, 5.41) is 6.66. The molecule has 0 aliphatic carbocycles. The van der Waals surface area contributed by atoms with Crippen molar-refractivity contribution in [3.8, 4) is 17.2 Å². The molecule has 0 amide bonds. The van der Waals surface area contributed by atoms with Gasteiger partial charge in [0.2, 0.25) is 0 Å². The first kappa shape index (κ1) is 21.4. The highest BCUT2D eigenvalue weighted by molar-refractivity contribution is 5.79. The van der Waals surface area contributed by atoms with Crippen LogP contribution < -0.4 is 24.8 Å². The predicted molar refractivity (Wildman–Crippen MR) is 114 cm³/mol. The normalized spacial score (nSPS) is 11.1. The van der Waals surface area contributed by atoms with E-state index in [0.29, 0.717) is 18.0 Å².